The minimum absolute atomic E-state index is 0.149. The molecule has 8 heteroatoms. The Balaban J connectivity index is 1.98. The first-order valence-electron chi connectivity index (χ1n) is 6.03. The van der Waals surface area contributed by atoms with Crippen LogP contribution in [-0.4, -0.2) is 52.9 Å². The first-order chi connectivity index (χ1) is 8.78. The lowest BCUT2D eigenvalue weighted by molar-refractivity contribution is -0.171. The maximum absolute atomic E-state index is 12.4. The molecule has 2 aliphatic rings. The van der Waals surface area contributed by atoms with Crippen LogP contribution in [0.5, 0.6) is 0 Å². The number of carbonyl (C=O) groups is 2. The number of carbonyl (C=O) groups excluding carboxylic acids is 1. The van der Waals surface area contributed by atoms with Crippen LogP contribution < -0.4 is 0 Å². The molecule has 1 heterocycles. The van der Waals surface area contributed by atoms with Crippen LogP contribution in [0.25, 0.3) is 0 Å². The number of rotatable bonds is 4. The SMILES string of the molecule is O=C(O)C1CCC(C(=O)N(CC(F)(F)F)C2CC2)O1. The van der Waals surface area contributed by atoms with Gasteiger partial charge in [0.1, 0.15) is 12.6 Å². The van der Waals surface area contributed by atoms with Gasteiger partial charge in [-0.15, -0.1) is 0 Å². The molecule has 0 aromatic rings. The van der Waals surface area contributed by atoms with Gasteiger partial charge in [0.15, 0.2) is 6.10 Å². The normalized spacial score (nSPS) is 27.3. The Kier molecular flexibility index (Phi) is 3.71. The molecule has 1 aliphatic carbocycles. The molecule has 2 fully saturated rings. The molecule has 0 spiro atoms. The lowest BCUT2D eigenvalue weighted by Crippen LogP contribution is -2.45. The Labute approximate surface area is 107 Å². The maximum atomic E-state index is 12.4. The zero-order valence-electron chi connectivity index (χ0n) is 10.0. The van der Waals surface area contributed by atoms with E-state index in [0.29, 0.717) is 12.8 Å². The van der Waals surface area contributed by atoms with Gasteiger partial charge in [0, 0.05) is 6.04 Å². The number of carboxylic acids is 1. The Morgan fingerprint density at radius 3 is 2.16 bits per heavy atom. The molecule has 5 nitrogen and oxygen atoms in total. The molecule has 0 radical (unpaired) electrons. The Morgan fingerprint density at radius 2 is 1.74 bits per heavy atom. The number of nitrogens with zero attached hydrogens (tertiary/aromatic N) is 1. The van der Waals surface area contributed by atoms with Crippen LogP contribution in [0, 0.1) is 0 Å². The summed E-state index contributed by atoms with van der Waals surface area (Å²) in [4.78, 5) is 23.4. The van der Waals surface area contributed by atoms with Crippen molar-refractivity contribution < 1.29 is 32.6 Å². The molecular weight excluding hydrogens is 267 g/mol. The third kappa shape index (κ3) is 3.59. The Bertz CT molecular complexity index is 381. The van der Waals surface area contributed by atoms with Gasteiger partial charge in [0.2, 0.25) is 0 Å². The first kappa shape index (κ1) is 14.1. The summed E-state index contributed by atoms with van der Waals surface area (Å²) in [5.41, 5.74) is 0. The van der Waals surface area contributed by atoms with Gasteiger partial charge < -0.3 is 14.7 Å². The topological polar surface area (TPSA) is 66.8 Å². The molecule has 0 aromatic carbocycles. The fourth-order valence-corrected chi connectivity index (χ4v) is 2.15. The Morgan fingerprint density at radius 1 is 1.16 bits per heavy atom. The second kappa shape index (κ2) is 4.99. The van der Waals surface area contributed by atoms with Crippen molar-refractivity contribution in [1.29, 1.82) is 0 Å². The van der Waals surface area contributed by atoms with Gasteiger partial charge in [-0.1, -0.05) is 0 Å². The van der Waals surface area contributed by atoms with E-state index >= 15 is 0 Å². The van der Waals surface area contributed by atoms with Gasteiger partial charge in [-0.05, 0) is 25.7 Å². The minimum Gasteiger partial charge on any atom is -0.479 e. The first-order valence-corrected chi connectivity index (χ1v) is 6.03. The average Bonchev–Trinajstić information content (AvgIpc) is 3.00. The standard InChI is InChI=1S/C11H14F3NO4/c12-11(13,14)5-15(6-1-2-6)9(16)7-3-4-8(19-7)10(17)18/h6-8H,1-5H2,(H,17,18). The number of carboxylic acid groups (broad SMARTS) is 1. The van der Waals surface area contributed by atoms with Crippen molar-refractivity contribution in [2.45, 2.75) is 50.1 Å². The molecule has 1 N–H and O–H groups in total. The minimum atomic E-state index is -4.46. The van der Waals surface area contributed by atoms with Crippen LogP contribution in [0.2, 0.25) is 0 Å². The summed E-state index contributed by atoms with van der Waals surface area (Å²) < 4.78 is 42.3. The molecule has 1 aliphatic heterocycles. The summed E-state index contributed by atoms with van der Waals surface area (Å²) in [5, 5.41) is 8.73. The highest BCUT2D eigenvalue weighted by molar-refractivity contribution is 5.83. The lowest BCUT2D eigenvalue weighted by atomic mass is 10.2. The van der Waals surface area contributed by atoms with E-state index in [0.717, 1.165) is 4.90 Å². The van der Waals surface area contributed by atoms with Crippen molar-refractivity contribution in [3.05, 3.63) is 0 Å². The van der Waals surface area contributed by atoms with Crippen LogP contribution >= 0.6 is 0 Å². The van der Waals surface area contributed by atoms with E-state index < -0.39 is 36.8 Å². The van der Waals surface area contributed by atoms with E-state index in [2.05, 4.69) is 0 Å². The van der Waals surface area contributed by atoms with Crippen LogP contribution in [0.3, 0.4) is 0 Å². The fourth-order valence-electron chi connectivity index (χ4n) is 2.15. The van der Waals surface area contributed by atoms with Gasteiger partial charge in [-0.3, -0.25) is 4.79 Å². The number of ether oxygens (including phenoxy) is 1. The summed E-state index contributed by atoms with van der Waals surface area (Å²) in [6.45, 7) is -1.30. The molecule has 1 saturated carbocycles. The van der Waals surface area contributed by atoms with E-state index in [-0.39, 0.29) is 18.9 Å². The number of hydrogen-bond acceptors (Lipinski definition) is 3. The van der Waals surface area contributed by atoms with Crippen molar-refractivity contribution in [2.75, 3.05) is 6.54 Å². The van der Waals surface area contributed by atoms with Crippen molar-refractivity contribution in [3.8, 4) is 0 Å². The molecule has 19 heavy (non-hydrogen) atoms. The largest absolute Gasteiger partial charge is 0.479 e. The lowest BCUT2D eigenvalue weighted by Gasteiger charge is -2.26. The number of amides is 1. The number of halogens is 3. The van der Waals surface area contributed by atoms with E-state index in [1.807, 2.05) is 0 Å². The maximum Gasteiger partial charge on any atom is 0.406 e. The average molecular weight is 281 g/mol. The third-order valence-corrected chi connectivity index (χ3v) is 3.19. The quantitative estimate of drug-likeness (QED) is 0.840. The van der Waals surface area contributed by atoms with E-state index in [1.165, 1.54) is 0 Å². The molecule has 2 rings (SSSR count). The van der Waals surface area contributed by atoms with E-state index in [1.54, 1.807) is 0 Å². The molecule has 2 unspecified atom stereocenters. The summed E-state index contributed by atoms with van der Waals surface area (Å²) >= 11 is 0. The van der Waals surface area contributed by atoms with Crippen molar-refractivity contribution in [2.24, 2.45) is 0 Å². The number of aliphatic carboxylic acids is 1. The highest BCUT2D eigenvalue weighted by atomic mass is 19.4. The second-order valence-electron chi connectivity index (χ2n) is 4.84. The molecule has 1 saturated heterocycles. The second-order valence-corrected chi connectivity index (χ2v) is 4.84. The van der Waals surface area contributed by atoms with Crippen molar-refractivity contribution in [1.82, 2.24) is 4.90 Å². The number of hydrogen-bond donors (Lipinski definition) is 1. The van der Waals surface area contributed by atoms with Gasteiger partial charge >= 0.3 is 12.1 Å². The zero-order valence-corrected chi connectivity index (χ0v) is 10.0. The van der Waals surface area contributed by atoms with Crippen molar-refractivity contribution >= 4 is 11.9 Å². The summed E-state index contributed by atoms with van der Waals surface area (Å²) in [5.74, 6) is -1.94. The summed E-state index contributed by atoms with van der Waals surface area (Å²) in [6, 6.07) is -0.387. The molecule has 1 amide bonds. The smallest absolute Gasteiger partial charge is 0.406 e. The molecule has 2 atom stereocenters. The predicted octanol–water partition coefficient (Wildman–Crippen LogP) is 1.17. The Hall–Kier alpha value is -1.31. The molecule has 0 aromatic heterocycles. The van der Waals surface area contributed by atoms with Crippen molar-refractivity contribution in [3.63, 3.8) is 0 Å². The fraction of sp³-hybridized carbons (Fsp3) is 0.818. The van der Waals surface area contributed by atoms with Crippen LogP contribution in [-0.2, 0) is 14.3 Å². The van der Waals surface area contributed by atoms with Gasteiger partial charge in [0.25, 0.3) is 5.91 Å². The molecule has 108 valence electrons. The zero-order chi connectivity index (χ0) is 14.2. The van der Waals surface area contributed by atoms with Crippen LogP contribution in [0.15, 0.2) is 0 Å². The highest BCUT2D eigenvalue weighted by Crippen LogP contribution is 2.32. The highest BCUT2D eigenvalue weighted by Gasteiger charge is 2.45. The molecular formula is C11H14F3NO4. The third-order valence-electron chi connectivity index (χ3n) is 3.19. The molecule has 0 bridgehead atoms. The van der Waals surface area contributed by atoms with E-state index in [9.17, 15) is 22.8 Å². The predicted molar refractivity (Wildman–Crippen MR) is 56.3 cm³/mol. The van der Waals surface area contributed by atoms with E-state index in [4.69, 9.17) is 9.84 Å². The summed E-state index contributed by atoms with van der Waals surface area (Å²) in [7, 11) is 0. The number of alkyl halides is 3. The van der Waals surface area contributed by atoms with Gasteiger partial charge in [-0.25, -0.2) is 4.79 Å². The monoisotopic (exact) mass is 281 g/mol. The van der Waals surface area contributed by atoms with Crippen LogP contribution in [0.4, 0.5) is 13.2 Å². The van der Waals surface area contributed by atoms with Gasteiger partial charge in [0.05, 0.1) is 0 Å². The van der Waals surface area contributed by atoms with Crippen LogP contribution in [0.1, 0.15) is 25.7 Å². The van der Waals surface area contributed by atoms with Gasteiger partial charge in [-0.2, -0.15) is 13.2 Å². The summed E-state index contributed by atoms with van der Waals surface area (Å²) in [6.07, 6.45) is -5.21.